The molecule has 0 amide bonds. The fraction of sp³-hybridized carbons (Fsp3) is 0.353. The lowest BCUT2D eigenvalue weighted by atomic mass is 9.86. The second-order valence-electron chi connectivity index (χ2n) is 5.29. The molecule has 108 valence electrons. The van der Waals surface area contributed by atoms with Crippen LogP contribution < -0.4 is 0 Å². The molecule has 20 heavy (non-hydrogen) atoms. The molecule has 1 rings (SSSR count). The van der Waals surface area contributed by atoms with E-state index in [2.05, 4.69) is 32.2 Å². The standard InChI is InChI=1S/C17H24NO2/c1-6-16(19)20-18(4,5)17(7-2,8-3)14-15-12-10-9-11-13-15/h6-7,9-13H,1-2,8,14H2,3-5H3/q+1. The van der Waals surface area contributed by atoms with Crippen LogP contribution in [0, 0.1) is 0 Å². The first-order chi connectivity index (χ1) is 9.40. The van der Waals surface area contributed by atoms with Crippen LogP contribution in [-0.4, -0.2) is 30.2 Å². The first-order valence-corrected chi connectivity index (χ1v) is 6.78. The maximum absolute atomic E-state index is 11.6. The zero-order chi connectivity index (χ0) is 15.2. The maximum Gasteiger partial charge on any atom is 0.389 e. The van der Waals surface area contributed by atoms with Crippen LogP contribution in [0.2, 0.25) is 0 Å². The normalized spacial score (nSPS) is 14.2. The number of hydrogen-bond acceptors (Lipinski definition) is 2. The van der Waals surface area contributed by atoms with Crippen LogP contribution in [0.25, 0.3) is 0 Å². The molecule has 0 N–H and O–H groups in total. The van der Waals surface area contributed by atoms with Crippen molar-refractivity contribution in [2.24, 2.45) is 0 Å². The SMILES string of the molecule is C=CC(=O)O[N+](C)(C)C(C=C)(CC)Cc1ccccc1. The van der Waals surface area contributed by atoms with Crippen LogP contribution >= 0.6 is 0 Å². The Morgan fingerprint density at radius 1 is 1.30 bits per heavy atom. The number of nitrogens with zero attached hydrogens (tertiary/aromatic N) is 1. The molecule has 0 bridgehead atoms. The Labute approximate surface area is 121 Å². The Hall–Kier alpha value is -1.87. The molecule has 1 unspecified atom stereocenters. The van der Waals surface area contributed by atoms with Gasteiger partial charge < -0.3 is 0 Å². The van der Waals surface area contributed by atoms with Crippen molar-refractivity contribution in [1.82, 2.24) is 0 Å². The van der Waals surface area contributed by atoms with E-state index < -0.39 is 5.97 Å². The molecule has 0 aliphatic heterocycles. The number of benzene rings is 1. The summed E-state index contributed by atoms with van der Waals surface area (Å²) in [5, 5.41) is 0. The summed E-state index contributed by atoms with van der Waals surface area (Å²) in [6, 6.07) is 10.2. The van der Waals surface area contributed by atoms with E-state index in [0.717, 1.165) is 12.8 Å². The van der Waals surface area contributed by atoms with Gasteiger partial charge in [-0.15, -0.1) is 4.65 Å². The number of carbonyl (C=O) groups is 1. The van der Waals surface area contributed by atoms with E-state index in [1.54, 1.807) is 0 Å². The van der Waals surface area contributed by atoms with Crippen LogP contribution in [0.4, 0.5) is 0 Å². The lowest BCUT2D eigenvalue weighted by Gasteiger charge is -2.42. The van der Waals surface area contributed by atoms with Gasteiger partial charge in [-0.1, -0.05) is 50.4 Å². The number of hydrogen-bond donors (Lipinski definition) is 0. The van der Waals surface area contributed by atoms with Crippen molar-refractivity contribution in [2.75, 3.05) is 14.1 Å². The first-order valence-electron chi connectivity index (χ1n) is 6.78. The Balaban J connectivity index is 3.10. The summed E-state index contributed by atoms with van der Waals surface area (Å²) in [5.74, 6) is -0.428. The minimum Gasteiger partial charge on any atom is -0.272 e. The molecule has 0 aliphatic carbocycles. The highest BCUT2D eigenvalue weighted by molar-refractivity contribution is 5.80. The van der Waals surface area contributed by atoms with Crippen LogP contribution in [0.15, 0.2) is 55.6 Å². The van der Waals surface area contributed by atoms with Crippen molar-refractivity contribution < 1.29 is 14.3 Å². The highest BCUT2D eigenvalue weighted by atomic mass is 16.7. The molecule has 0 fully saturated rings. The van der Waals surface area contributed by atoms with E-state index >= 15 is 0 Å². The third-order valence-corrected chi connectivity index (χ3v) is 3.90. The molecule has 1 atom stereocenters. The average molecular weight is 274 g/mol. The number of rotatable bonds is 7. The fourth-order valence-corrected chi connectivity index (χ4v) is 2.43. The molecule has 0 aromatic heterocycles. The molecule has 0 saturated carbocycles. The first kappa shape index (κ1) is 16.2. The predicted octanol–water partition coefficient (Wildman–Crippen LogP) is 3.28. The van der Waals surface area contributed by atoms with Gasteiger partial charge in [-0.05, 0) is 11.6 Å². The van der Waals surface area contributed by atoms with E-state index in [1.165, 1.54) is 11.6 Å². The smallest absolute Gasteiger partial charge is 0.272 e. The third kappa shape index (κ3) is 3.36. The van der Waals surface area contributed by atoms with Gasteiger partial charge in [0.1, 0.15) is 14.1 Å². The van der Waals surface area contributed by atoms with Crippen LogP contribution in [0.5, 0.6) is 0 Å². The molecule has 0 saturated heterocycles. The number of quaternary nitrogens is 1. The Kier molecular flexibility index (Phi) is 5.28. The number of hydroxylamine groups is 3. The Morgan fingerprint density at radius 3 is 2.35 bits per heavy atom. The van der Waals surface area contributed by atoms with E-state index in [-0.39, 0.29) is 10.2 Å². The topological polar surface area (TPSA) is 26.3 Å². The van der Waals surface area contributed by atoms with Gasteiger partial charge in [0.05, 0.1) is 0 Å². The molecular formula is C17H24NO2+. The molecule has 0 spiro atoms. The van der Waals surface area contributed by atoms with Crippen LogP contribution in [0.1, 0.15) is 18.9 Å². The van der Waals surface area contributed by atoms with Gasteiger partial charge >= 0.3 is 5.97 Å². The summed E-state index contributed by atoms with van der Waals surface area (Å²) < 4.78 is 0.0900. The average Bonchev–Trinajstić information content (AvgIpc) is 2.45. The van der Waals surface area contributed by atoms with Gasteiger partial charge in [0.2, 0.25) is 0 Å². The van der Waals surface area contributed by atoms with Crippen molar-refractivity contribution in [3.05, 3.63) is 61.2 Å². The summed E-state index contributed by atoms with van der Waals surface area (Å²) in [5.41, 5.74) is 0.815. The molecule has 1 aromatic rings. The molecule has 1 aromatic carbocycles. The monoisotopic (exact) mass is 274 g/mol. The van der Waals surface area contributed by atoms with Crippen molar-refractivity contribution in [2.45, 2.75) is 25.3 Å². The van der Waals surface area contributed by atoms with Crippen molar-refractivity contribution in [3.8, 4) is 0 Å². The summed E-state index contributed by atoms with van der Waals surface area (Å²) in [4.78, 5) is 17.1. The summed E-state index contributed by atoms with van der Waals surface area (Å²) >= 11 is 0. The zero-order valence-corrected chi connectivity index (χ0v) is 12.6. The van der Waals surface area contributed by atoms with E-state index in [0.29, 0.717) is 0 Å². The molecule has 0 radical (unpaired) electrons. The highest BCUT2D eigenvalue weighted by Crippen LogP contribution is 2.31. The van der Waals surface area contributed by atoms with Gasteiger partial charge in [-0.3, -0.25) is 4.84 Å². The van der Waals surface area contributed by atoms with Crippen molar-refractivity contribution in [1.29, 1.82) is 0 Å². The van der Waals surface area contributed by atoms with Crippen molar-refractivity contribution >= 4 is 5.97 Å². The lowest BCUT2D eigenvalue weighted by Crippen LogP contribution is -2.59. The summed E-state index contributed by atoms with van der Waals surface area (Å²) in [7, 11) is 3.74. The second kappa shape index (κ2) is 6.53. The molecule has 3 nitrogen and oxygen atoms in total. The van der Waals surface area contributed by atoms with E-state index in [9.17, 15) is 4.79 Å². The van der Waals surface area contributed by atoms with E-state index in [4.69, 9.17) is 4.84 Å². The minimum absolute atomic E-state index is 0.0900. The number of likely N-dealkylation sites (N-methyl/N-ethyl adjacent to an activating group) is 1. The molecular weight excluding hydrogens is 250 g/mol. The van der Waals surface area contributed by atoms with Crippen LogP contribution in [0.3, 0.4) is 0 Å². The van der Waals surface area contributed by atoms with Gasteiger partial charge in [-0.2, -0.15) is 0 Å². The summed E-state index contributed by atoms with van der Waals surface area (Å²) in [6.45, 7) is 9.49. The molecule has 3 heteroatoms. The maximum atomic E-state index is 11.6. The lowest BCUT2D eigenvalue weighted by molar-refractivity contribution is -1.09. The predicted molar refractivity (Wildman–Crippen MR) is 81.8 cm³/mol. The van der Waals surface area contributed by atoms with Crippen LogP contribution in [-0.2, 0) is 16.1 Å². The van der Waals surface area contributed by atoms with Gasteiger partial charge in [0.25, 0.3) is 0 Å². The summed E-state index contributed by atoms with van der Waals surface area (Å²) in [6.07, 6.45) is 4.64. The third-order valence-electron chi connectivity index (χ3n) is 3.90. The highest BCUT2D eigenvalue weighted by Gasteiger charge is 2.45. The Morgan fingerprint density at radius 2 is 1.90 bits per heavy atom. The minimum atomic E-state index is -0.428. The Bertz CT molecular complexity index is 479. The quantitative estimate of drug-likeness (QED) is 0.330. The second-order valence-corrected chi connectivity index (χ2v) is 5.29. The van der Waals surface area contributed by atoms with Gasteiger partial charge in [0.15, 0.2) is 5.54 Å². The van der Waals surface area contributed by atoms with Crippen molar-refractivity contribution in [3.63, 3.8) is 0 Å². The number of carbonyl (C=O) groups excluding carboxylic acids is 1. The molecule has 0 aliphatic rings. The van der Waals surface area contributed by atoms with Gasteiger partial charge in [-0.25, -0.2) is 4.79 Å². The zero-order valence-electron chi connectivity index (χ0n) is 12.6. The fourth-order valence-electron chi connectivity index (χ4n) is 2.43. The van der Waals surface area contributed by atoms with E-state index in [1.807, 2.05) is 38.4 Å². The molecule has 0 heterocycles. The van der Waals surface area contributed by atoms with Gasteiger partial charge in [0, 0.05) is 18.9 Å². The largest absolute Gasteiger partial charge is 0.389 e.